The summed E-state index contributed by atoms with van der Waals surface area (Å²) in [5.74, 6) is 1.26. The largest absolute Gasteiger partial charge is 0.496 e. The van der Waals surface area contributed by atoms with Gasteiger partial charge in [0.1, 0.15) is 5.75 Å². The molecule has 0 bridgehead atoms. The lowest BCUT2D eigenvalue weighted by Crippen LogP contribution is -2.42. The molecular weight excluding hydrogens is 354 g/mol. The summed E-state index contributed by atoms with van der Waals surface area (Å²) >= 11 is 9.34. The van der Waals surface area contributed by atoms with Gasteiger partial charge in [0.25, 0.3) is 5.91 Å². The van der Waals surface area contributed by atoms with E-state index in [9.17, 15) is 4.79 Å². The summed E-state index contributed by atoms with van der Waals surface area (Å²) < 4.78 is 6.01. The molecule has 2 rings (SSSR count). The van der Waals surface area contributed by atoms with Crippen molar-refractivity contribution < 1.29 is 9.53 Å². The Balaban J connectivity index is 2.19. The monoisotopic (exact) mass is 373 g/mol. The minimum absolute atomic E-state index is 0.0610. The normalized spacial score (nSPS) is 15.8. The number of rotatable bonds is 5. The van der Waals surface area contributed by atoms with E-state index in [1.54, 1.807) is 7.11 Å². The van der Waals surface area contributed by atoms with Gasteiger partial charge in [0.2, 0.25) is 0 Å². The maximum Gasteiger partial charge on any atom is 0.254 e. The molecule has 1 aliphatic rings. The average Bonchev–Trinajstić information content (AvgIpc) is 2.52. The lowest BCUT2D eigenvalue weighted by Gasteiger charge is -2.34. The van der Waals surface area contributed by atoms with Crippen LogP contribution in [0.1, 0.15) is 42.5 Å². The van der Waals surface area contributed by atoms with Crippen molar-refractivity contribution in [2.45, 2.75) is 38.1 Å². The van der Waals surface area contributed by atoms with E-state index in [1.807, 2.05) is 23.1 Å². The van der Waals surface area contributed by atoms with Gasteiger partial charge in [-0.1, -0.05) is 19.3 Å². The summed E-state index contributed by atoms with van der Waals surface area (Å²) in [6.45, 7) is 0.606. The highest BCUT2D eigenvalue weighted by Gasteiger charge is 2.26. The number of benzene rings is 1. The van der Waals surface area contributed by atoms with Crippen LogP contribution in [0.5, 0.6) is 5.75 Å². The van der Waals surface area contributed by atoms with Crippen LogP contribution in [0.2, 0.25) is 0 Å². The number of alkyl halides is 1. The Morgan fingerprint density at radius 2 is 2.10 bits per heavy atom. The van der Waals surface area contributed by atoms with E-state index in [-0.39, 0.29) is 5.91 Å². The molecule has 1 aliphatic carbocycles. The first-order valence-corrected chi connectivity index (χ1v) is 8.70. The standard InChI is InChI=1S/C16H21BrClNO2/c1-21-15-8-7-12(11-14(15)17)16(20)19(10-9-18)13-5-3-2-4-6-13/h7-8,11,13H,2-6,9-10H2,1H3. The van der Waals surface area contributed by atoms with Gasteiger partial charge in [-0.05, 0) is 47.0 Å². The molecule has 0 radical (unpaired) electrons. The van der Waals surface area contributed by atoms with Crippen LogP contribution in [0.3, 0.4) is 0 Å². The van der Waals surface area contributed by atoms with Crippen molar-refractivity contribution >= 4 is 33.4 Å². The van der Waals surface area contributed by atoms with Crippen molar-refractivity contribution in [3.05, 3.63) is 28.2 Å². The Bertz CT molecular complexity index is 489. The van der Waals surface area contributed by atoms with Crippen LogP contribution in [0.15, 0.2) is 22.7 Å². The molecule has 1 aromatic carbocycles. The van der Waals surface area contributed by atoms with Crippen LogP contribution < -0.4 is 4.74 Å². The molecule has 5 heteroatoms. The maximum atomic E-state index is 12.8. The number of hydrogen-bond acceptors (Lipinski definition) is 2. The number of ether oxygens (including phenoxy) is 1. The molecule has 3 nitrogen and oxygen atoms in total. The van der Waals surface area contributed by atoms with Gasteiger partial charge < -0.3 is 9.64 Å². The van der Waals surface area contributed by atoms with Crippen molar-refractivity contribution in [3.63, 3.8) is 0 Å². The molecular formula is C16H21BrClNO2. The van der Waals surface area contributed by atoms with E-state index >= 15 is 0 Å². The first-order chi connectivity index (χ1) is 10.2. The van der Waals surface area contributed by atoms with Gasteiger partial charge in [-0.25, -0.2) is 0 Å². The molecule has 116 valence electrons. The molecule has 0 N–H and O–H groups in total. The zero-order valence-electron chi connectivity index (χ0n) is 12.3. The quantitative estimate of drug-likeness (QED) is 0.712. The fraction of sp³-hybridized carbons (Fsp3) is 0.562. The molecule has 1 aromatic rings. The molecule has 0 aliphatic heterocycles. The van der Waals surface area contributed by atoms with Gasteiger partial charge in [0.05, 0.1) is 11.6 Å². The minimum Gasteiger partial charge on any atom is -0.496 e. The van der Waals surface area contributed by atoms with Gasteiger partial charge in [-0.2, -0.15) is 0 Å². The van der Waals surface area contributed by atoms with E-state index in [2.05, 4.69) is 15.9 Å². The van der Waals surface area contributed by atoms with Crippen LogP contribution in [0, 0.1) is 0 Å². The Hall–Kier alpha value is -0.740. The van der Waals surface area contributed by atoms with Crippen LogP contribution in [0.25, 0.3) is 0 Å². The third kappa shape index (κ3) is 4.13. The van der Waals surface area contributed by atoms with E-state index < -0.39 is 0 Å². The summed E-state index contributed by atoms with van der Waals surface area (Å²) in [6.07, 6.45) is 5.83. The molecule has 0 heterocycles. The van der Waals surface area contributed by atoms with Crippen molar-refractivity contribution in [1.29, 1.82) is 0 Å². The van der Waals surface area contributed by atoms with E-state index in [0.717, 1.165) is 23.1 Å². The van der Waals surface area contributed by atoms with Crippen LogP contribution in [-0.4, -0.2) is 36.4 Å². The molecule has 0 atom stereocenters. The predicted molar refractivity (Wildman–Crippen MR) is 89.3 cm³/mol. The predicted octanol–water partition coefficient (Wildman–Crippen LogP) is 4.47. The Labute approximate surface area is 139 Å². The lowest BCUT2D eigenvalue weighted by molar-refractivity contribution is 0.0649. The number of carbonyl (C=O) groups excluding carboxylic acids is 1. The van der Waals surface area contributed by atoms with Gasteiger partial charge in [-0.3, -0.25) is 4.79 Å². The lowest BCUT2D eigenvalue weighted by atomic mass is 9.93. The number of halogens is 2. The van der Waals surface area contributed by atoms with Gasteiger partial charge in [0.15, 0.2) is 0 Å². The topological polar surface area (TPSA) is 29.5 Å². The first kappa shape index (κ1) is 16.6. The molecule has 0 aromatic heterocycles. The zero-order valence-corrected chi connectivity index (χ0v) is 14.6. The summed E-state index contributed by atoms with van der Waals surface area (Å²) in [5.41, 5.74) is 0.679. The van der Waals surface area contributed by atoms with E-state index in [0.29, 0.717) is 24.0 Å². The van der Waals surface area contributed by atoms with Crippen LogP contribution in [0.4, 0.5) is 0 Å². The van der Waals surface area contributed by atoms with Crippen molar-refractivity contribution in [3.8, 4) is 5.75 Å². The van der Waals surface area contributed by atoms with E-state index in [1.165, 1.54) is 19.3 Å². The van der Waals surface area contributed by atoms with E-state index in [4.69, 9.17) is 16.3 Å². The third-order valence-electron chi connectivity index (χ3n) is 4.00. The molecule has 0 saturated heterocycles. The second kappa shape index (κ2) is 8.04. The average molecular weight is 375 g/mol. The fourth-order valence-electron chi connectivity index (χ4n) is 2.90. The molecule has 1 fully saturated rings. The van der Waals surface area contributed by atoms with Crippen molar-refractivity contribution in [2.24, 2.45) is 0 Å². The Morgan fingerprint density at radius 1 is 1.38 bits per heavy atom. The Kier molecular flexibility index (Phi) is 6.37. The number of nitrogens with zero attached hydrogens (tertiary/aromatic N) is 1. The van der Waals surface area contributed by atoms with Crippen molar-refractivity contribution in [1.82, 2.24) is 4.90 Å². The third-order valence-corrected chi connectivity index (χ3v) is 4.79. The number of hydrogen-bond donors (Lipinski definition) is 0. The highest BCUT2D eigenvalue weighted by Crippen LogP contribution is 2.28. The fourth-order valence-corrected chi connectivity index (χ4v) is 3.62. The molecule has 1 saturated carbocycles. The summed E-state index contributed by atoms with van der Waals surface area (Å²) in [5, 5.41) is 0. The Morgan fingerprint density at radius 3 is 2.67 bits per heavy atom. The highest BCUT2D eigenvalue weighted by atomic mass is 79.9. The van der Waals surface area contributed by atoms with Crippen LogP contribution >= 0.6 is 27.5 Å². The molecule has 1 amide bonds. The molecule has 0 spiro atoms. The van der Waals surface area contributed by atoms with Crippen LogP contribution in [-0.2, 0) is 0 Å². The number of methoxy groups -OCH3 is 1. The maximum absolute atomic E-state index is 12.8. The molecule has 21 heavy (non-hydrogen) atoms. The molecule has 0 unspecified atom stereocenters. The van der Waals surface area contributed by atoms with Gasteiger partial charge >= 0.3 is 0 Å². The minimum atomic E-state index is 0.0610. The summed E-state index contributed by atoms with van der Waals surface area (Å²) in [4.78, 5) is 14.7. The second-order valence-corrected chi connectivity index (χ2v) is 6.56. The van der Waals surface area contributed by atoms with Gasteiger partial charge in [0, 0.05) is 24.0 Å². The highest BCUT2D eigenvalue weighted by molar-refractivity contribution is 9.10. The zero-order chi connectivity index (χ0) is 15.2. The smallest absolute Gasteiger partial charge is 0.254 e. The van der Waals surface area contributed by atoms with Crippen molar-refractivity contribution in [2.75, 3.05) is 19.5 Å². The summed E-state index contributed by atoms with van der Waals surface area (Å²) in [6, 6.07) is 5.78. The van der Waals surface area contributed by atoms with Gasteiger partial charge in [-0.15, -0.1) is 11.6 Å². The number of amides is 1. The summed E-state index contributed by atoms with van der Waals surface area (Å²) in [7, 11) is 1.61. The number of carbonyl (C=O) groups is 1. The first-order valence-electron chi connectivity index (χ1n) is 7.38. The SMILES string of the molecule is COc1ccc(C(=O)N(CCCl)C2CCCCC2)cc1Br. The second-order valence-electron chi connectivity index (χ2n) is 5.33.